The van der Waals surface area contributed by atoms with E-state index in [1.807, 2.05) is 17.0 Å². The molecule has 0 aliphatic carbocycles. The molecule has 1 fully saturated rings. The van der Waals surface area contributed by atoms with Crippen molar-refractivity contribution in [1.82, 2.24) is 9.80 Å². The molecule has 1 aliphatic rings. The first-order valence-electron chi connectivity index (χ1n) is 8.46. The molecule has 0 bridgehead atoms. The monoisotopic (exact) mass is 364 g/mol. The molecule has 1 aliphatic heterocycles. The fraction of sp³-hybridized carbons (Fsp3) is 0.500. The lowest BCUT2D eigenvalue weighted by Crippen LogP contribution is -2.30. The van der Waals surface area contributed by atoms with Crippen LogP contribution in [0.3, 0.4) is 0 Å². The summed E-state index contributed by atoms with van der Waals surface area (Å²) in [5, 5.41) is 8.70. The molecule has 1 heterocycles. The lowest BCUT2D eigenvalue weighted by atomic mass is 10.2. The van der Waals surface area contributed by atoms with Crippen LogP contribution in [0.15, 0.2) is 29.2 Å². The van der Waals surface area contributed by atoms with E-state index in [1.165, 1.54) is 16.7 Å². The number of rotatable bonds is 8. The van der Waals surface area contributed by atoms with E-state index in [1.54, 1.807) is 19.2 Å². The Balaban J connectivity index is 1.95. The molecule has 1 N–H and O–H groups in total. The predicted molar refractivity (Wildman–Crippen MR) is 96.8 cm³/mol. The second-order valence-electron chi connectivity index (χ2n) is 6.10. The lowest BCUT2D eigenvalue weighted by molar-refractivity contribution is -0.137. The normalized spacial score (nSPS) is 13.7. The van der Waals surface area contributed by atoms with Gasteiger partial charge >= 0.3 is 5.97 Å². The minimum Gasteiger partial charge on any atom is -0.481 e. The van der Waals surface area contributed by atoms with E-state index in [9.17, 15) is 14.4 Å². The van der Waals surface area contributed by atoms with Gasteiger partial charge in [-0.05, 0) is 31.4 Å². The standard InChI is InChI=1S/C18H24N2O4S/c1-19(10-6-9-17(22)23)18(24)14-7-2-3-8-15(14)25-13-16(21)20-11-4-5-12-20/h2-3,7-8H,4-6,9-13H2,1H3,(H,22,23). The molecule has 0 aromatic heterocycles. The Hall–Kier alpha value is -2.02. The molecule has 2 rings (SSSR count). The smallest absolute Gasteiger partial charge is 0.303 e. The van der Waals surface area contributed by atoms with Crippen molar-refractivity contribution in [3.8, 4) is 0 Å². The summed E-state index contributed by atoms with van der Waals surface area (Å²) in [5.41, 5.74) is 0.555. The molecular weight excluding hydrogens is 340 g/mol. The van der Waals surface area contributed by atoms with Crippen LogP contribution in [0.4, 0.5) is 0 Å². The molecule has 1 aromatic rings. The Bertz CT molecular complexity index is 629. The number of carboxylic acid groups (broad SMARTS) is 1. The highest BCUT2D eigenvalue weighted by atomic mass is 32.2. The summed E-state index contributed by atoms with van der Waals surface area (Å²) in [6, 6.07) is 7.24. The average molecular weight is 364 g/mol. The molecule has 1 aromatic carbocycles. The van der Waals surface area contributed by atoms with Crippen LogP contribution < -0.4 is 0 Å². The molecule has 0 saturated carbocycles. The molecule has 0 atom stereocenters. The number of benzene rings is 1. The third-order valence-electron chi connectivity index (χ3n) is 4.16. The number of carbonyl (C=O) groups excluding carboxylic acids is 2. The summed E-state index contributed by atoms with van der Waals surface area (Å²) >= 11 is 1.38. The van der Waals surface area contributed by atoms with Crippen LogP contribution in [0.5, 0.6) is 0 Å². The van der Waals surface area contributed by atoms with Crippen molar-refractivity contribution in [2.75, 3.05) is 32.4 Å². The van der Waals surface area contributed by atoms with Gasteiger partial charge in [0.1, 0.15) is 0 Å². The first kappa shape index (κ1) is 19.3. The number of carbonyl (C=O) groups is 3. The molecule has 0 spiro atoms. The minimum absolute atomic E-state index is 0.0400. The summed E-state index contributed by atoms with van der Waals surface area (Å²) in [5.74, 6) is -0.577. The van der Waals surface area contributed by atoms with Crippen LogP contribution >= 0.6 is 11.8 Å². The van der Waals surface area contributed by atoms with Crippen LogP contribution in [-0.2, 0) is 9.59 Å². The summed E-state index contributed by atoms with van der Waals surface area (Å²) in [7, 11) is 1.67. The molecule has 2 amide bonds. The third kappa shape index (κ3) is 5.77. The molecule has 136 valence electrons. The number of thioether (sulfide) groups is 1. The fourth-order valence-corrected chi connectivity index (χ4v) is 3.69. The van der Waals surface area contributed by atoms with Gasteiger partial charge in [0.25, 0.3) is 5.91 Å². The quantitative estimate of drug-likeness (QED) is 0.717. The SMILES string of the molecule is CN(CCCC(=O)O)C(=O)c1ccccc1SCC(=O)N1CCCC1. The van der Waals surface area contributed by atoms with E-state index in [0.29, 0.717) is 24.3 Å². The van der Waals surface area contributed by atoms with E-state index in [2.05, 4.69) is 0 Å². The van der Waals surface area contributed by atoms with Crippen molar-refractivity contribution in [2.45, 2.75) is 30.6 Å². The number of carboxylic acids is 1. The third-order valence-corrected chi connectivity index (χ3v) is 5.22. The Kier molecular flexibility index (Phi) is 7.31. The Morgan fingerprint density at radius 3 is 2.56 bits per heavy atom. The molecule has 1 saturated heterocycles. The van der Waals surface area contributed by atoms with Gasteiger partial charge in [-0.15, -0.1) is 11.8 Å². The van der Waals surface area contributed by atoms with Crippen molar-refractivity contribution >= 4 is 29.5 Å². The van der Waals surface area contributed by atoms with Gasteiger partial charge in [-0.25, -0.2) is 0 Å². The van der Waals surface area contributed by atoms with E-state index < -0.39 is 5.97 Å². The van der Waals surface area contributed by atoms with Crippen molar-refractivity contribution < 1.29 is 19.5 Å². The zero-order valence-corrected chi connectivity index (χ0v) is 15.3. The van der Waals surface area contributed by atoms with Gasteiger partial charge in [-0.1, -0.05) is 12.1 Å². The zero-order chi connectivity index (χ0) is 18.2. The Morgan fingerprint density at radius 2 is 1.88 bits per heavy atom. The van der Waals surface area contributed by atoms with E-state index >= 15 is 0 Å². The highest BCUT2D eigenvalue weighted by Gasteiger charge is 2.20. The van der Waals surface area contributed by atoms with Crippen molar-refractivity contribution in [3.63, 3.8) is 0 Å². The van der Waals surface area contributed by atoms with Crippen molar-refractivity contribution in [2.24, 2.45) is 0 Å². The van der Waals surface area contributed by atoms with Crippen molar-refractivity contribution in [3.05, 3.63) is 29.8 Å². The highest BCUT2D eigenvalue weighted by molar-refractivity contribution is 8.00. The van der Waals surface area contributed by atoms with Gasteiger partial charge in [0, 0.05) is 38.0 Å². The lowest BCUT2D eigenvalue weighted by Gasteiger charge is -2.19. The van der Waals surface area contributed by atoms with E-state index in [0.717, 1.165) is 30.8 Å². The maximum atomic E-state index is 12.6. The first-order chi connectivity index (χ1) is 12.0. The maximum absolute atomic E-state index is 12.6. The largest absolute Gasteiger partial charge is 0.481 e. The number of likely N-dealkylation sites (tertiary alicyclic amines) is 1. The number of hydrogen-bond acceptors (Lipinski definition) is 4. The van der Waals surface area contributed by atoms with Gasteiger partial charge in [-0.2, -0.15) is 0 Å². The topological polar surface area (TPSA) is 77.9 Å². The molecule has 0 unspecified atom stereocenters. The summed E-state index contributed by atoms with van der Waals surface area (Å²) in [4.78, 5) is 39.6. The summed E-state index contributed by atoms with van der Waals surface area (Å²) in [6.07, 6.45) is 2.58. The van der Waals surface area contributed by atoms with Gasteiger partial charge in [-0.3, -0.25) is 14.4 Å². The van der Waals surface area contributed by atoms with E-state index in [4.69, 9.17) is 5.11 Å². The first-order valence-corrected chi connectivity index (χ1v) is 9.44. The highest BCUT2D eigenvalue weighted by Crippen LogP contribution is 2.24. The zero-order valence-electron chi connectivity index (χ0n) is 14.4. The van der Waals surface area contributed by atoms with Crippen LogP contribution in [0, 0.1) is 0 Å². The average Bonchev–Trinajstić information content (AvgIpc) is 3.13. The van der Waals surface area contributed by atoms with Gasteiger partial charge in [0.05, 0.1) is 11.3 Å². The number of aliphatic carboxylic acids is 1. The molecule has 25 heavy (non-hydrogen) atoms. The van der Waals surface area contributed by atoms with Gasteiger partial charge in [0.2, 0.25) is 5.91 Å². The second-order valence-corrected chi connectivity index (χ2v) is 7.11. The number of amides is 2. The van der Waals surface area contributed by atoms with Gasteiger partial charge < -0.3 is 14.9 Å². The van der Waals surface area contributed by atoms with Crippen LogP contribution in [0.25, 0.3) is 0 Å². The number of hydrogen-bond donors (Lipinski definition) is 1. The maximum Gasteiger partial charge on any atom is 0.303 e. The van der Waals surface area contributed by atoms with E-state index in [-0.39, 0.29) is 18.2 Å². The van der Waals surface area contributed by atoms with Crippen molar-refractivity contribution in [1.29, 1.82) is 0 Å². The van der Waals surface area contributed by atoms with Crippen LogP contribution in [-0.4, -0.2) is 65.1 Å². The molecular formula is C18H24N2O4S. The van der Waals surface area contributed by atoms with Crippen LogP contribution in [0.2, 0.25) is 0 Å². The number of nitrogens with zero attached hydrogens (tertiary/aromatic N) is 2. The minimum atomic E-state index is -0.864. The Morgan fingerprint density at radius 1 is 1.20 bits per heavy atom. The molecule has 6 nitrogen and oxygen atoms in total. The Labute approximate surface area is 152 Å². The summed E-state index contributed by atoms with van der Waals surface area (Å²) < 4.78 is 0. The second kappa shape index (κ2) is 9.46. The fourth-order valence-electron chi connectivity index (χ4n) is 2.74. The van der Waals surface area contributed by atoms with Crippen LogP contribution in [0.1, 0.15) is 36.0 Å². The molecule has 7 heteroatoms. The van der Waals surface area contributed by atoms with Gasteiger partial charge in [0.15, 0.2) is 0 Å². The molecule has 0 radical (unpaired) electrons. The summed E-state index contributed by atoms with van der Waals surface area (Å²) in [6.45, 7) is 2.04. The predicted octanol–water partition coefficient (Wildman–Crippen LogP) is 2.34.